The van der Waals surface area contributed by atoms with Crippen LogP contribution >= 0.6 is 11.3 Å². The number of fused-ring (bicyclic) bond motifs is 1. The van der Waals surface area contributed by atoms with E-state index in [0.29, 0.717) is 17.1 Å². The summed E-state index contributed by atoms with van der Waals surface area (Å²) in [5.41, 5.74) is 4.19. The van der Waals surface area contributed by atoms with Crippen molar-refractivity contribution in [3.05, 3.63) is 58.4 Å². The number of hydrogen-bond acceptors (Lipinski definition) is 5. The van der Waals surface area contributed by atoms with E-state index < -0.39 is 12.1 Å². The molecule has 1 aliphatic rings. The number of carbonyl (C=O) groups is 2. The Hall–Kier alpha value is -3.19. The number of nitrogens with zero attached hydrogens (tertiary/aromatic N) is 2. The van der Waals surface area contributed by atoms with E-state index in [1.54, 1.807) is 25.2 Å². The lowest BCUT2D eigenvalue weighted by atomic mass is 10.1. The summed E-state index contributed by atoms with van der Waals surface area (Å²) in [5.74, 6) is 0.0744. The predicted octanol–water partition coefficient (Wildman–Crippen LogP) is 4.82. The van der Waals surface area contributed by atoms with Gasteiger partial charge in [-0.1, -0.05) is 19.1 Å². The summed E-state index contributed by atoms with van der Waals surface area (Å²) in [5, 5.41) is 5.86. The minimum Gasteiger partial charge on any atom is -0.479 e. The maximum absolute atomic E-state index is 13.0. The van der Waals surface area contributed by atoms with Crippen molar-refractivity contribution in [3.63, 3.8) is 0 Å². The topological polar surface area (TPSA) is 71.5 Å². The number of hydrogen-bond donors (Lipinski definition) is 1. The molecule has 0 aliphatic carbocycles. The average Bonchev–Trinajstić information content (AvgIpc) is 3.21. The minimum absolute atomic E-state index is 0.247. The number of thiazole rings is 1. The van der Waals surface area contributed by atoms with E-state index in [9.17, 15) is 9.59 Å². The van der Waals surface area contributed by atoms with Crippen LogP contribution in [0.15, 0.2) is 47.8 Å². The zero-order valence-corrected chi connectivity index (χ0v) is 18.8. The molecule has 0 bridgehead atoms. The molecule has 4 rings (SSSR count). The molecule has 6 nitrogen and oxygen atoms in total. The fourth-order valence-corrected chi connectivity index (χ4v) is 4.23. The van der Waals surface area contributed by atoms with E-state index in [1.807, 2.05) is 54.8 Å². The molecule has 1 N–H and O–H groups in total. The summed E-state index contributed by atoms with van der Waals surface area (Å²) in [7, 11) is 0. The van der Waals surface area contributed by atoms with Gasteiger partial charge in [-0.3, -0.25) is 14.5 Å². The van der Waals surface area contributed by atoms with Crippen molar-refractivity contribution in [1.29, 1.82) is 0 Å². The van der Waals surface area contributed by atoms with Crippen molar-refractivity contribution >= 4 is 34.5 Å². The molecule has 0 radical (unpaired) electrons. The van der Waals surface area contributed by atoms with Gasteiger partial charge in [0, 0.05) is 16.6 Å². The third-order valence-electron chi connectivity index (χ3n) is 5.42. The van der Waals surface area contributed by atoms with Gasteiger partial charge in [-0.15, -0.1) is 11.3 Å². The Kier molecular flexibility index (Phi) is 5.78. The van der Waals surface area contributed by atoms with E-state index in [2.05, 4.69) is 17.2 Å². The normalized spacial score (nSPS) is 16.5. The van der Waals surface area contributed by atoms with E-state index in [4.69, 9.17) is 4.74 Å². The lowest BCUT2D eigenvalue weighted by molar-refractivity contribution is -0.128. The van der Waals surface area contributed by atoms with Gasteiger partial charge in [0.1, 0.15) is 11.8 Å². The smallest absolute Gasteiger partial charge is 0.268 e. The lowest BCUT2D eigenvalue weighted by Crippen LogP contribution is -2.52. The minimum atomic E-state index is -0.712. The number of aromatic nitrogens is 1. The van der Waals surface area contributed by atoms with Crippen LogP contribution in [0.1, 0.15) is 31.3 Å². The summed E-state index contributed by atoms with van der Waals surface area (Å²) in [4.78, 5) is 32.1. The third-order valence-corrected chi connectivity index (χ3v) is 6.19. The van der Waals surface area contributed by atoms with Gasteiger partial charge >= 0.3 is 0 Å². The Morgan fingerprint density at radius 3 is 2.65 bits per heavy atom. The molecule has 2 heterocycles. The van der Waals surface area contributed by atoms with Crippen molar-refractivity contribution in [2.45, 2.75) is 46.3 Å². The lowest BCUT2D eigenvalue weighted by Gasteiger charge is -2.36. The molecule has 7 heteroatoms. The third kappa shape index (κ3) is 4.18. The highest BCUT2D eigenvalue weighted by atomic mass is 32.1. The van der Waals surface area contributed by atoms with E-state index >= 15 is 0 Å². The standard InChI is InChI=1S/C24H25N3O3S/c1-5-17-6-9-19(10-7-17)26-23(28)14(2)27-21-12-18(20-13-31-16(4)25-20)8-11-22(21)30-15(3)24(27)29/h6-15H,5H2,1-4H3,(H,26,28). The highest BCUT2D eigenvalue weighted by Crippen LogP contribution is 2.39. The first-order valence-electron chi connectivity index (χ1n) is 10.3. The number of amides is 2. The fourth-order valence-electron chi connectivity index (χ4n) is 3.60. The highest BCUT2D eigenvalue weighted by molar-refractivity contribution is 7.09. The number of benzene rings is 2. The van der Waals surface area contributed by atoms with Crippen molar-refractivity contribution in [2.75, 3.05) is 10.2 Å². The molecule has 1 aromatic heterocycles. The van der Waals surface area contributed by atoms with Crippen LogP contribution in [0.2, 0.25) is 0 Å². The Morgan fingerprint density at radius 1 is 1.26 bits per heavy atom. The Bertz CT molecular complexity index is 1120. The van der Waals surface area contributed by atoms with E-state index in [-0.39, 0.29) is 11.8 Å². The number of nitrogens with one attached hydrogen (secondary N) is 1. The molecule has 1 aliphatic heterocycles. The zero-order valence-electron chi connectivity index (χ0n) is 18.0. The summed E-state index contributed by atoms with van der Waals surface area (Å²) < 4.78 is 5.80. The molecule has 3 aromatic rings. The Labute approximate surface area is 185 Å². The number of aryl methyl sites for hydroxylation is 2. The SMILES string of the molecule is CCc1ccc(NC(=O)C(C)N2C(=O)C(C)Oc3ccc(-c4csc(C)n4)cc32)cc1. The molecule has 160 valence electrons. The summed E-state index contributed by atoms with van der Waals surface area (Å²) in [6.45, 7) is 7.46. The number of rotatable bonds is 5. The van der Waals surface area contributed by atoms with Gasteiger partial charge in [0.25, 0.3) is 5.91 Å². The molecular formula is C24H25N3O3S. The first-order valence-corrected chi connectivity index (χ1v) is 11.2. The van der Waals surface area contributed by atoms with Crippen molar-refractivity contribution < 1.29 is 14.3 Å². The van der Waals surface area contributed by atoms with Gasteiger partial charge < -0.3 is 10.1 Å². The van der Waals surface area contributed by atoms with Crippen LogP contribution in [0.3, 0.4) is 0 Å². The molecule has 0 spiro atoms. The molecule has 2 unspecified atom stereocenters. The molecule has 0 saturated carbocycles. The summed E-state index contributed by atoms with van der Waals surface area (Å²) in [6, 6.07) is 12.6. The van der Waals surface area contributed by atoms with E-state index in [1.165, 1.54) is 10.5 Å². The van der Waals surface area contributed by atoms with Crippen LogP contribution in [-0.2, 0) is 16.0 Å². The maximum Gasteiger partial charge on any atom is 0.268 e. The van der Waals surface area contributed by atoms with Crippen LogP contribution in [0.4, 0.5) is 11.4 Å². The molecule has 2 atom stereocenters. The van der Waals surface area contributed by atoms with Crippen molar-refractivity contribution in [3.8, 4) is 17.0 Å². The van der Waals surface area contributed by atoms with Gasteiger partial charge in [-0.05, 0) is 63.1 Å². The highest BCUT2D eigenvalue weighted by Gasteiger charge is 2.37. The zero-order chi connectivity index (χ0) is 22.1. The van der Waals surface area contributed by atoms with Crippen molar-refractivity contribution in [2.24, 2.45) is 0 Å². The van der Waals surface area contributed by atoms with Gasteiger partial charge in [0.05, 0.1) is 16.4 Å². The first kappa shape index (κ1) is 21.1. The first-order chi connectivity index (χ1) is 14.9. The van der Waals surface area contributed by atoms with Gasteiger partial charge in [0.15, 0.2) is 6.10 Å². The Morgan fingerprint density at radius 2 is 2.00 bits per heavy atom. The van der Waals surface area contributed by atoms with Crippen LogP contribution in [0.5, 0.6) is 5.75 Å². The van der Waals surface area contributed by atoms with Gasteiger partial charge in [-0.2, -0.15) is 0 Å². The second-order valence-electron chi connectivity index (χ2n) is 7.62. The summed E-state index contributed by atoms with van der Waals surface area (Å²) >= 11 is 1.57. The number of ether oxygens (including phenoxy) is 1. The second kappa shape index (κ2) is 8.51. The number of anilines is 2. The number of carbonyl (C=O) groups excluding carboxylic acids is 2. The molecule has 0 saturated heterocycles. The molecule has 2 amide bonds. The second-order valence-corrected chi connectivity index (χ2v) is 8.68. The van der Waals surface area contributed by atoms with Crippen LogP contribution in [0, 0.1) is 6.92 Å². The quantitative estimate of drug-likeness (QED) is 0.624. The van der Waals surface area contributed by atoms with Gasteiger partial charge in [-0.25, -0.2) is 4.98 Å². The fraction of sp³-hybridized carbons (Fsp3) is 0.292. The average molecular weight is 436 g/mol. The van der Waals surface area contributed by atoms with Crippen molar-refractivity contribution in [1.82, 2.24) is 4.98 Å². The van der Waals surface area contributed by atoms with Crippen LogP contribution < -0.4 is 15.0 Å². The molecular weight excluding hydrogens is 410 g/mol. The predicted molar refractivity (Wildman–Crippen MR) is 124 cm³/mol. The molecule has 31 heavy (non-hydrogen) atoms. The largest absolute Gasteiger partial charge is 0.479 e. The van der Waals surface area contributed by atoms with Crippen LogP contribution in [0.25, 0.3) is 11.3 Å². The maximum atomic E-state index is 13.0. The van der Waals surface area contributed by atoms with Gasteiger partial charge in [0.2, 0.25) is 5.91 Å². The molecule has 0 fully saturated rings. The monoisotopic (exact) mass is 435 g/mol. The summed E-state index contributed by atoms with van der Waals surface area (Å²) in [6.07, 6.45) is 0.265. The molecule has 2 aromatic carbocycles. The van der Waals surface area contributed by atoms with E-state index in [0.717, 1.165) is 22.7 Å². The Balaban J connectivity index is 1.64. The van der Waals surface area contributed by atoms with Crippen LogP contribution in [-0.4, -0.2) is 28.9 Å².